The lowest BCUT2D eigenvalue weighted by Crippen LogP contribution is -2.38. The zero-order chi connectivity index (χ0) is 11.5. The maximum atomic E-state index is 12.1. The largest absolute Gasteiger partial charge is 0.508 e. The van der Waals surface area contributed by atoms with Crippen LogP contribution in [0.25, 0.3) is 0 Å². The van der Waals surface area contributed by atoms with Gasteiger partial charge in [0.1, 0.15) is 5.75 Å². The number of phenols is 1. The van der Waals surface area contributed by atoms with Crippen molar-refractivity contribution in [3.8, 4) is 5.75 Å². The van der Waals surface area contributed by atoms with Crippen molar-refractivity contribution in [3.05, 3.63) is 29.8 Å². The standard InChI is InChI=1S/C12H16N2O2.ClH/c1-14(10-5-6-13-8-10)12(16)9-3-2-4-11(15)7-9;/h2-4,7,10,13,15H,5-6,8H2,1H3;1H/t10-;/m0./s1. The van der Waals surface area contributed by atoms with Crippen LogP contribution in [0.5, 0.6) is 5.75 Å². The van der Waals surface area contributed by atoms with Gasteiger partial charge in [0.2, 0.25) is 0 Å². The number of phenolic OH excluding ortho intramolecular Hbond substituents is 1. The molecule has 94 valence electrons. The number of nitrogens with one attached hydrogen (secondary N) is 1. The fourth-order valence-electron chi connectivity index (χ4n) is 1.98. The van der Waals surface area contributed by atoms with Gasteiger partial charge in [0.15, 0.2) is 0 Å². The molecule has 1 aliphatic rings. The lowest BCUT2D eigenvalue weighted by molar-refractivity contribution is 0.0743. The van der Waals surface area contributed by atoms with Gasteiger partial charge < -0.3 is 15.3 Å². The van der Waals surface area contributed by atoms with Crippen molar-refractivity contribution in [3.63, 3.8) is 0 Å². The second kappa shape index (κ2) is 5.89. The Bertz CT molecular complexity index is 392. The van der Waals surface area contributed by atoms with Crippen molar-refractivity contribution < 1.29 is 9.90 Å². The summed E-state index contributed by atoms with van der Waals surface area (Å²) in [4.78, 5) is 13.8. The molecule has 17 heavy (non-hydrogen) atoms. The molecule has 0 aliphatic carbocycles. The van der Waals surface area contributed by atoms with Crippen LogP contribution in [0.2, 0.25) is 0 Å². The van der Waals surface area contributed by atoms with E-state index in [1.165, 1.54) is 6.07 Å². The first-order valence-electron chi connectivity index (χ1n) is 5.45. The highest BCUT2D eigenvalue weighted by Crippen LogP contribution is 2.15. The molecular weight excluding hydrogens is 240 g/mol. The number of likely N-dealkylation sites (N-methyl/N-ethyl adjacent to an activating group) is 1. The van der Waals surface area contributed by atoms with E-state index in [1.807, 2.05) is 7.05 Å². The molecule has 1 saturated heterocycles. The number of hydrogen-bond donors (Lipinski definition) is 2. The molecule has 1 aliphatic heterocycles. The first-order chi connectivity index (χ1) is 7.68. The van der Waals surface area contributed by atoms with Crippen LogP contribution < -0.4 is 5.32 Å². The van der Waals surface area contributed by atoms with Gasteiger partial charge in [0, 0.05) is 25.2 Å². The van der Waals surface area contributed by atoms with Crippen LogP contribution in [0.1, 0.15) is 16.8 Å². The minimum absolute atomic E-state index is 0. The predicted octanol–water partition coefficient (Wildman–Crippen LogP) is 1.25. The number of halogens is 1. The summed E-state index contributed by atoms with van der Waals surface area (Å²) in [5.74, 6) is 0.0911. The van der Waals surface area contributed by atoms with Gasteiger partial charge in [-0.25, -0.2) is 0 Å². The summed E-state index contributed by atoms with van der Waals surface area (Å²) < 4.78 is 0. The highest BCUT2D eigenvalue weighted by molar-refractivity contribution is 5.94. The molecule has 0 saturated carbocycles. The fraction of sp³-hybridized carbons (Fsp3) is 0.417. The van der Waals surface area contributed by atoms with Crippen LogP contribution in [0.3, 0.4) is 0 Å². The van der Waals surface area contributed by atoms with Crippen LogP contribution in [0.15, 0.2) is 24.3 Å². The number of hydrogen-bond acceptors (Lipinski definition) is 3. The summed E-state index contributed by atoms with van der Waals surface area (Å²) >= 11 is 0. The molecule has 5 heteroatoms. The fourth-order valence-corrected chi connectivity index (χ4v) is 1.98. The zero-order valence-corrected chi connectivity index (χ0v) is 10.5. The average Bonchev–Trinajstić information content (AvgIpc) is 2.80. The summed E-state index contributed by atoms with van der Waals surface area (Å²) in [6.07, 6.45) is 0.987. The Morgan fingerprint density at radius 3 is 2.88 bits per heavy atom. The molecule has 4 nitrogen and oxygen atoms in total. The Labute approximate surface area is 107 Å². The molecule has 0 radical (unpaired) electrons. The predicted molar refractivity (Wildman–Crippen MR) is 68.7 cm³/mol. The minimum atomic E-state index is -0.0374. The molecule has 2 rings (SSSR count). The third-order valence-corrected chi connectivity index (χ3v) is 3.00. The van der Waals surface area contributed by atoms with Gasteiger partial charge >= 0.3 is 0 Å². The van der Waals surface area contributed by atoms with Crippen molar-refractivity contribution >= 4 is 18.3 Å². The summed E-state index contributed by atoms with van der Waals surface area (Å²) in [6, 6.07) is 6.73. The number of aromatic hydroxyl groups is 1. The summed E-state index contributed by atoms with van der Waals surface area (Å²) in [6.45, 7) is 1.81. The minimum Gasteiger partial charge on any atom is -0.508 e. The van der Waals surface area contributed by atoms with E-state index in [0.717, 1.165) is 19.5 Å². The molecule has 1 heterocycles. The van der Waals surface area contributed by atoms with Crippen molar-refractivity contribution in [1.29, 1.82) is 0 Å². The quantitative estimate of drug-likeness (QED) is 0.837. The van der Waals surface area contributed by atoms with Crippen molar-refractivity contribution in [2.45, 2.75) is 12.5 Å². The van der Waals surface area contributed by atoms with Gasteiger partial charge in [0.05, 0.1) is 0 Å². The van der Waals surface area contributed by atoms with Crippen LogP contribution in [-0.2, 0) is 0 Å². The molecule has 1 fully saturated rings. The third-order valence-electron chi connectivity index (χ3n) is 3.00. The SMILES string of the molecule is CN(C(=O)c1cccc(O)c1)[C@H]1CCNC1.Cl. The van der Waals surface area contributed by atoms with Crippen molar-refractivity contribution in [1.82, 2.24) is 10.2 Å². The average molecular weight is 257 g/mol. The van der Waals surface area contributed by atoms with E-state index in [0.29, 0.717) is 5.56 Å². The van der Waals surface area contributed by atoms with E-state index >= 15 is 0 Å². The van der Waals surface area contributed by atoms with E-state index < -0.39 is 0 Å². The third kappa shape index (κ3) is 3.11. The molecule has 0 bridgehead atoms. The van der Waals surface area contributed by atoms with E-state index in [1.54, 1.807) is 23.1 Å². The highest BCUT2D eigenvalue weighted by atomic mass is 35.5. The van der Waals surface area contributed by atoms with Crippen molar-refractivity contribution in [2.75, 3.05) is 20.1 Å². The van der Waals surface area contributed by atoms with Crippen molar-refractivity contribution in [2.24, 2.45) is 0 Å². The maximum Gasteiger partial charge on any atom is 0.254 e. The number of nitrogens with zero attached hydrogens (tertiary/aromatic N) is 1. The molecule has 0 aromatic heterocycles. The Morgan fingerprint density at radius 2 is 2.29 bits per heavy atom. The van der Waals surface area contributed by atoms with E-state index in [2.05, 4.69) is 5.32 Å². The summed E-state index contributed by atoms with van der Waals surface area (Å²) in [7, 11) is 1.81. The topological polar surface area (TPSA) is 52.6 Å². The first-order valence-corrected chi connectivity index (χ1v) is 5.45. The Morgan fingerprint density at radius 1 is 1.53 bits per heavy atom. The van der Waals surface area contributed by atoms with Crippen LogP contribution in [0.4, 0.5) is 0 Å². The van der Waals surface area contributed by atoms with Gasteiger partial charge in [-0.3, -0.25) is 4.79 Å². The van der Waals surface area contributed by atoms with E-state index in [9.17, 15) is 9.90 Å². The Kier molecular flexibility index (Phi) is 4.78. The zero-order valence-electron chi connectivity index (χ0n) is 9.72. The van der Waals surface area contributed by atoms with Crippen LogP contribution in [-0.4, -0.2) is 42.1 Å². The molecule has 1 atom stereocenters. The van der Waals surface area contributed by atoms with Crippen LogP contribution in [0, 0.1) is 0 Å². The molecule has 1 amide bonds. The number of rotatable bonds is 2. The smallest absolute Gasteiger partial charge is 0.254 e. The molecule has 1 aromatic carbocycles. The lowest BCUT2D eigenvalue weighted by Gasteiger charge is -2.23. The maximum absolute atomic E-state index is 12.1. The van der Waals surface area contributed by atoms with Gasteiger partial charge in [0.25, 0.3) is 5.91 Å². The molecule has 0 unspecified atom stereocenters. The monoisotopic (exact) mass is 256 g/mol. The first kappa shape index (κ1) is 13.8. The normalized spacial score (nSPS) is 18.5. The summed E-state index contributed by atoms with van der Waals surface area (Å²) in [5.41, 5.74) is 0.536. The van der Waals surface area contributed by atoms with Gasteiger partial charge in [-0.1, -0.05) is 6.07 Å². The lowest BCUT2D eigenvalue weighted by atomic mass is 10.1. The van der Waals surface area contributed by atoms with Gasteiger partial charge in [-0.15, -0.1) is 12.4 Å². The number of amides is 1. The number of carbonyl (C=O) groups is 1. The summed E-state index contributed by atoms with van der Waals surface area (Å²) in [5, 5.41) is 12.6. The Hall–Kier alpha value is -1.26. The van der Waals surface area contributed by atoms with Crippen LogP contribution >= 0.6 is 12.4 Å². The number of benzene rings is 1. The highest BCUT2D eigenvalue weighted by Gasteiger charge is 2.23. The van der Waals surface area contributed by atoms with Gasteiger partial charge in [-0.05, 0) is 31.2 Å². The molecule has 1 aromatic rings. The van der Waals surface area contributed by atoms with Gasteiger partial charge in [-0.2, -0.15) is 0 Å². The van der Waals surface area contributed by atoms with E-state index in [4.69, 9.17) is 0 Å². The second-order valence-corrected chi connectivity index (χ2v) is 4.11. The van der Waals surface area contributed by atoms with E-state index in [-0.39, 0.29) is 30.1 Å². The number of carbonyl (C=O) groups excluding carboxylic acids is 1. The molecule has 2 N–H and O–H groups in total. The Balaban J connectivity index is 0.00000144. The second-order valence-electron chi connectivity index (χ2n) is 4.11. The molecule has 0 spiro atoms. The molecular formula is C12H17ClN2O2.